The summed E-state index contributed by atoms with van der Waals surface area (Å²) in [6, 6.07) is 15.0. The Labute approximate surface area is 253 Å². The van der Waals surface area contributed by atoms with E-state index in [0.717, 1.165) is 27.9 Å². The van der Waals surface area contributed by atoms with Crippen molar-refractivity contribution in [2.45, 2.75) is 6.61 Å². The number of thiocarbonyl (C=S) groups is 1. The summed E-state index contributed by atoms with van der Waals surface area (Å²) in [4.78, 5) is 25.7. The molecule has 37 heavy (non-hydrogen) atoms. The van der Waals surface area contributed by atoms with Crippen LogP contribution in [-0.2, 0) is 11.4 Å². The maximum Gasteiger partial charge on any atom is 0.338 e. The van der Waals surface area contributed by atoms with Crippen LogP contribution in [0.5, 0.6) is 5.75 Å². The molecule has 0 atom stereocenters. The minimum Gasteiger partial charge on any atom is -0.487 e. The zero-order valence-electron chi connectivity index (χ0n) is 18.4. The summed E-state index contributed by atoms with van der Waals surface area (Å²) < 4.78 is 7.52. The van der Waals surface area contributed by atoms with Crippen LogP contribution >= 0.6 is 90.6 Å². The summed E-state index contributed by atoms with van der Waals surface area (Å²) in [5.41, 5.74) is 4.54. The van der Waals surface area contributed by atoms with Gasteiger partial charge in [-0.15, -0.1) is 0 Å². The Balaban J connectivity index is 1.43. The summed E-state index contributed by atoms with van der Waals surface area (Å²) in [6.07, 6.45) is 1.68. The van der Waals surface area contributed by atoms with E-state index in [-0.39, 0.29) is 9.34 Å². The molecule has 2 N–H and O–H groups in total. The highest BCUT2D eigenvalue weighted by Gasteiger charge is 2.33. The van der Waals surface area contributed by atoms with Gasteiger partial charge in [-0.2, -0.15) is 5.01 Å². The predicted octanol–water partition coefficient (Wildman–Crippen LogP) is 8.69. The highest BCUT2D eigenvalue weighted by atomic mass is 79.9. The molecule has 0 unspecified atom stereocenters. The van der Waals surface area contributed by atoms with Gasteiger partial charge in [-0.1, -0.05) is 58.7 Å². The van der Waals surface area contributed by atoms with Gasteiger partial charge in [0.2, 0.25) is 0 Å². The van der Waals surface area contributed by atoms with E-state index < -0.39 is 11.9 Å². The third-order valence-electron chi connectivity index (χ3n) is 4.80. The molecule has 0 radical (unpaired) electrons. The molecule has 0 aromatic heterocycles. The molecule has 1 fully saturated rings. The van der Waals surface area contributed by atoms with E-state index in [1.807, 2.05) is 24.3 Å². The third-order valence-corrected chi connectivity index (χ3v) is 8.27. The Morgan fingerprint density at radius 3 is 2.35 bits per heavy atom. The maximum absolute atomic E-state index is 12.9. The van der Waals surface area contributed by atoms with Gasteiger partial charge in [0.15, 0.2) is 4.32 Å². The van der Waals surface area contributed by atoms with Gasteiger partial charge in [-0.05, 0) is 104 Å². The fraction of sp³-hybridized carbons (Fsp3) is 0.0417. The molecule has 4 rings (SSSR count). The molecular weight excluding hydrogens is 709 g/mol. The normalized spacial score (nSPS) is 14.3. The summed E-state index contributed by atoms with van der Waals surface area (Å²) >= 11 is 31.2. The minimum atomic E-state index is -0.663. The van der Waals surface area contributed by atoms with Crippen LogP contribution in [0.15, 0.2) is 68.4 Å². The summed E-state index contributed by atoms with van der Waals surface area (Å²) in [5, 5.41) is 4.88. The summed E-state index contributed by atoms with van der Waals surface area (Å²) in [7, 11) is 0. The molecule has 3 amide bonds. The molecule has 6 nitrogen and oxygen atoms in total. The van der Waals surface area contributed by atoms with Gasteiger partial charge in [0.1, 0.15) is 12.4 Å². The number of anilines is 1. The number of urea groups is 1. The van der Waals surface area contributed by atoms with E-state index in [9.17, 15) is 9.59 Å². The molecule has 3 aromatic rings. The lowest BCUT2D eigenvalue weighted by atomic mass is 10.2. The fourth-order valence-corrected chi connectivity index (χ4v) is 6.14. The second-order valence-electron chi connectivity index (χ2n) is 7.44. The molecule has 1 saturated heterocycles. The van der Waals surface area contributed by atoms with E-state index in [4.69, 9.17) is 51.8 Å². The van der Waals surface area contributed by atoms with Crippen LogP contribution in [0.25, 0.3) is 6.08 Å². The molecule has 1 aliphatic rings. The molecule has 3 aromatic carbocycles. The van der Waals surface area contributed by atoms with Crippen LogP contribution in [0.1, 0.15) is 11.1 Å². The largest absolute Gasteiger partial charge is 0.487 e. The lowest BCUT2D eigenvalue weighted by molar-refractivity contribution is -0.123. The first-order valence-corrected chi connectivity index (χ1v) is 14.2. The number of hydrogen-bond donors (Lipinski definition) is 2. The number of carbonyl (C=O) groups is 2. The van der Waals surface area contributed by atoms with Gasteiger partial charge in [0.25, 0.3) is 5.91 Å². The van der Waals surface area contributed by atoms with Gasteiger partial charge in [0.05, 0.1) is 23.9 Å². The van der Waals surface area contributed by atoms with Crippen molar-refractivity contribution in [3.63, 3.8) is 0 Å². The Morgan fingerprint density at radius 2 is 1.70 bits per heavy atom. The smallest absolute Gasteiger partial charge is 0.338 e. The second kappa shape index (κ2) is 12.4. The highest BCUT2D eigenvalue weighted by Crippen LogP contribution is 2.38. The van der Waals surface area contributed by atoms with Crippen molar-refractivity contribution in [3.8, 4) is 5.75 Å². The first-order valence-electron chi connectivity index (χ1n) is 10.3. The highest BCUT2D eigenvalue weighted by molar-refractivity contribution is 9.11. The average molecular weight is 723 g/mol. The SMILES string of the molecule is O=C(Nc1ccc(Cl)c(Cl)c1)NN1C(=O)/C(=C\c2cc(Br)c(OCc3ccc(Cl)cc3)c(Br)c2)SC1=S. The van der Waals surface area contributed by atoms with Crippen molar-refractivity contribution in [1.29, 1.82) is 0 Å². The van der Waals surface area contributed by atoms with Crippen molar-refractivity contribution < 1.29 is 14.3 Å². The Morgan fingerprint density at radius 1 is 1.03 bits per heavy atom. The van der Waals surface area contributed by atoms with E-state index >= 15 is 0 Å². The van der Waals surface area contributed by atoms with Crippen LogP contribution in [0.2, 0.25) is 15.1 Å². The molecule has 0 saturated carbocycles. The van der Waals surface area contributed by atoms with Crippen LogP contribution in [0.3, 0.4) is 0 Å². The standard InChI is InChI=1S/C24H14Br2Cl3N3O3S2/c25-16-7-13(8-17(26)21(16)35-11-12-1-3-14(27)4-2-12)9-20-22(33)32(24(36)37-20)31-23(34)30-15-5-6-18(28)19(29)10-15/h1-10H,11H2,(H2,30,31,34)/b20-9+. The van der Waals surface area contributed by atoms with Crippen LogP contribution < -0.4 is 15.5 Å². The Kier molecular flexibility index (Phi) is 9.44. The van der Waals surface area contributed by atoms with Gasteiger partial charge in [-0.25, -0.2) is 10.2 Å². The zero-order valence-corrected chi connectivity index (χ0v) is 25.4. The molecular formula is C24H14Br2Cl3N3O3S2. The number of hydrazine groups is 1. The van der Waals surface area contributed by atoms with E-state index in [0.29, 0.717) is 41.9 Å². The van der Waals surface area contributed by atoms with E-state index in [1.54, 1.807) is 30.3 Å². The number of thioether (sulfide) groups is 1. The first-order chi connectivity index (χ1) is 17.6. The molecule has 0 aliphatic carbocycles. The molecule has 13 heteroatoms. The van der Waals surface area contributed by atoms with Crippen molar-refractivity contribution in [2.24, 2.45) is 0 Å². The number of hydrogen-bond acceptors (Lipinski definition) is 5. The summed E-state index contributed by atoms with van der Waals surface area (Å²) in [5.74, 6) is 0.148. The first kappa shape index (κ1) is 28.2. The molecule has 0 bridgehead atoms. The van der Waals surface area contributed by atoms with Gasteiger partial charge >= 0.3 is 6.03 Å². The summed E-state index contributed by atoms with van der Waals surface area (Å²) in [6.45, 7) is 0.350. The number of rotatable bonds is 6. The third kappa shape index (κ3) is 7.20. The fourth-order valence-electron chi connectivity index (χ4n) is 3.09. The second-order valence-corrected chi connectivity index (χ2v) is 12.1. The zero-order chi connectivity index (χ0) is 26.7. The number of nitrogens with one attached hydrogen (secondary N) is 2. The molecule has 1 aliphatic heterocycles. The van der Waals surface area contributed by atoms with Crippen molar-refractivity contribution in [2.75, 3.05) is 5.32 Å². The van der Waals surface area contributed by atoms with Gasteiger partial charge in [0, 0.05) is 10.7 Å². The van der Waals surface area contributed by atoms with Crippen LogP contribution in [-0.4, -0.2) is 21.3 Å². The van der Waals surface area contributed by atoms with Crippen molar-refractivity contribution >= 4 is 119 Å². The number of benzene rings is 3. The predicted molar refractivity (Wildman–Crippen MR) is 161 cm³/mol. The number of carbonyl (C=O) groups excluding carboxylic acids is 2. The lowest BCUT2D eigenvalue weighted by Crippen LogP contribution is -2.46. The van der Waals surface area contributed by atoms with Crippen molar-refractivity contribution in [1.82, 2.24) is 10.4 Å². The van der Waals surface area contributed by atoms with Gasteiger partial charge in [-0.3, -0.25) is 4.79 Å². The maximum atomic E-state index is 12.9. The topological polar surface area (TPSA) is 70.7 Å². The number of halogens is 5. The molecule has 1 heterocycles. The number of nitrogens with zero attached hydrogens (tertiary/aromatic N) is 1. The Hall–Kier alpha value is -1.79. The quantitative estimate of drug-likeness (QED) is 0.197. The number of ether oxygens (including phenoxy) is 1. The lowest BCUT2D eigenvalue weighted by Gasteiger charge is -2.16. The van der Waals surface area contributed by atoms with Crippen molar-refractivity contribution in [3.05, 3.63) is 94.6 Å². The number of amides is 3. The average Bonchev–Trinajstić information content (AvgIpc) is 3.09. The van der Waals surface area contributed by atoms with Gasteiger partial charge < -0.3 is 10.1 Å². The van der Waals surface area contributed by atoms with Crippen LogP contribution in [0, 0.1) is 0 Å². The van der Waals surface area contributed by atoms with E-state index in [1.165, 1.54) is 6.07 Å². The Bertz CT molecular complexity index is 1420. The minimum absolute atomic E-state index is 0.182. The van der Waals surface area contributed by atoms with Crippen LogP contribution in [0.4, 0.5) is 10.5 Å². The monoisotopic (exact) mass is 719 g/mol. The molecule has 0 spiro atoms. The van der Waals surface area contributed by atoms with E-state index in [2.05, 4.69) is 42.6 Å². The molecule has 190 valence electrons.